The highest BCUT2D eigenvalue weighted by atomic mass is 15.2. The largest absolute Gasteiger partial charge is 0.328 e. The Morgan fingerprint density at radius 3 is 2.13 bits per heavy atom. The van der Waals surface area contributed by atoms with Crippen molar-refractivity contribution in [2.75, 3.05) is 0 Å². The molecule has 0 amide bonds. The molecule has 1 aliphatic carbocycles. The summed E-state index contributed by atoms with van der Waals surface area (Å²) >= 11 is 0. The van der Waals surface area contributed by atoms with Crippen molar-refractivity contribution in [3.8, 4) is 0 Å². The monoisotopic (exact) mass is 206 g/mol. The number of nitrogens with two attached hydrogens (primary N) is 1. The molecular formula is C13H22N2. The van der Waals surface area contributed by atoms with E-state index in [1.165, 1.54) is 44.9 Å². The molecule has 0 radical (unpaired) electrons. The standard InChI is InChI=1S/C13H22N2/c14-10-8-12-6-3-7-13(9-10)15(12)11-4-1-2-5-11/h1-2,10-13H,3-9,14H2. The Kier molecular flexibility index (Phi) is 2.57. The van der Waals surface area contributed by atoms with E-state index in [4.69, 9.17) is 5.73 Å². The van der Waals surface area contributed by atoms with Crippen molar-refractivity contribution in [1.29, 1.82) is 0 Å². The van der Waals surface area contributed by atoms with Crippen molar-refractivity contribution in [3.63, 3.8) is 0 Å². The molecule has 3 aliphatic rings. The predicted molar refractivity (Wildman–Crippen MR) is 62.6 cm³/mol. The van der Waals surface area contributed by atoms with Crippen LogP contribution in [0, 0.1) is 0 Å². The number of hydrogen-bond donors (Lipinski definition) is 1. The number of rotatable bonds is 1. The van der Waals surface area contributed by atoms with Crippen LogP contribution in [0.5, 0.6) is 0 Å². The van der Waals surface area contributed by atoms with Crippen LogP contribution in [0.25, 0.3) is 0 Å². The van der Waals surface area contributed by atoms with E-state index in [0.717, 1.165) is 18.1 Å². The van der Waals surface area contributed by atoms with E-state index in [0.29, 0.717) is 6.04 Å². The van der Waals surface area contributed by atoms with E-state index in [2.05, 4.69) is 17.1 Å². The van der Waals surface area contributed by atoms with E-state index >= 15 is 0 Å². The van der Waals surface area contributed by atoms with Gasteiger partial charge in [-0.15, -0.1) is 0 Å². The lowest BCUT2D eigenvalue weighted by molar-refractivity contribution is -0.00137. The number of fused-ring (bicyclic) bond motifs is 2. The minimum Gasteiger partial charge on any atom is -0.328 e. The Morgan fingerprint density at radius 2 is 1.53 bits per heavy atom. The SMILES string of the molecule is NC1CC2CCCC(C1)N2C1CC=CC1. The average Bonchev–Trinajstić information content (AvgIpc) is 2.68. The molecular weight excluding hydrogens is 184 g/mol. The third-order valence-electron chi connectivity index (χ3n) is 4.47. The van der Waals surface area contributed by atoms with Crippen LogP contribution in [0.3, 0.4) is 0 Å². The van der Waals surface area contributed by atoms with Gasteiger partial charge in [0.25, 0.3) is 0 Å². The fourth-order valence-corrected chi connectivity index (χ4v) is 3.90. The normalized spacial score (nSPS) is 42.3. The fraction of sp³-hybridized carbons (Fsp3) is 0.846. The molecule has 2 fully saturated rings. The zero-order valence-corrected chi connectivity index (χ0v) is 9.44. The molecule has 3 rings (SSSR count). The number of hydrogen-bond acceptors (Lipinski definition) is 2. The van der Waals surface area contributed by atoms with Gasteiger partial charge in [-0.25, -0.2) is 0 Å². The van der Waals surface area contributed by atoms with Crippen molar-refractivity contribution >= 4 is 0 Å². The molecule has 2 atom stereocenters. The van der Waals surface area contributed by atoms with Crippen molar-refractivity contribution in [1.82, 2.24) is 4.90 Å². The Bertz CT molecular complexity index is 239. The molecule has 2 N–H and O–H groups in total. The summed E-state index contributed by atoms with van der Waals surface area (Å²) in [6.45, 7) is 0. The van der Waals surface area contributed by atoms with Gasteiger partial charge in [0.05, 0.1) is 0 Å². The topological polar surface area (TPSA) is 29.3 Å². The van der Waals surface area contributed by atoms with E-state index in [1.54, 1.807) is 0 Å². The van der Waals surface area contributed by atoms with Crippen molar-refractivity contribution in [2.45, 2.75) is 69.1 Å². The fourth-order valence-electron chi connectivity index (χ4n) is 3.90. The minimum atomic E-state index is 0.478. The lowest BCUT2D eigenvalue weighted by Gasteiger charge is -2.51. The first-order chi connectivity index (χ1) is 7.34. The van der Waals surface area contributed by atoms with Gasteiger partial charge in [0.15, 0.2) is 0 Å². The molecule has 2 saturated heterocycles. The van der Waals surface area contributed by atoms with Crippen LogP contribution >= 0.6 is 0 Å². The highest BCUT2D eigenvalue weighted by Gasteiger charge is 2.40. The van der Waals surface area contributed by atoms with Crippen molar-refractivity contribution < 1.29 is 0 Å². The molecule has 2 unspecified atom stereocenters. The van der Waals surface area contributed by atoms with Gasteiger partial charge in [0, 0.05) is 24.2 Å². The van der Waals surface area contributed by atoms with Crippen LogP contribution in [-0.4, -0.2) is 29.1 Å². The van der Waals surface area contributed by atoms with Crippen LogP contribution in [0.1, 0.15) is 44.9 Å². The average molecular weight is 206 g/mol. The van der Waals surface area contributed by atoms with Gasteiger partial charge in [0.1, 0.15) is 0 Å². The van der Waals surface area contributed by atoms with E-state index < -0.39 is 0 Å². The molecule has 2 bridgehead atoms. The minimum absolute atomic E-state index is 0.478. The third-order valence-corrected chi connectivity index (χ3v) is 4.47. The first-order valence-corrected chi connectivity index (χ1v) is 6.52. The van der Waals surface area contributed by atoms with Gasteiger partial charge in [-0.3, -0.25) is 4.90 Å². The maximum absolute atomic E-state index is 6.14. The smallest absolute Gasteiger partial charge is 0.0170 e. The van der Waals surface area contributed by atoms with Gasteiger partial charge in [-0.2, -0.15) is 0 Å². The van der Waals surface area contributed by atoms with E-state index in [9.17, 15) is 0 Å². The third kappa shape index (κ3) is 1.74. The van der Waals surface area contributed by atoms with E-state index in [1.807, 2.05) is 0 Å². The lowest BCUT2D eigenvalue weighted by atomic mass is 9.80. The first-order valence-electron chi connectivity index (χ1n) is 6.52. The highest BCUT2D eigenvalue weighted by molar-refractivity contribution is 5.04. The Labute approximate surface area is 92.5 Å². The summed E-state index contributed by atoms with van der Waals surface area (Å²) in [5, 5.41) is 0. The summed E-state index contributed by atoms with van der Waals surface area (Å²) in [6.07, 6.45) is 14.0. The molecule has 0 aromatic heterocycles. The summed E-state index contributed by atoms with van der Waals surface area (Å²) < 4.78 is 0. The summed E-state index contributed by atoms with van der Waals surface area (Å²) in [4.78, 5) is 2.83. The van der Waals surface area contributed by atoms with E-state index in [-0.39, 0.29) is 0 Å². The summed E-state index contributed by atoms with van der Waals surface area (Å²) in [6, 6.07) is 2.90. The maximum Gasteiger partial charge on any atom is 0.0170 e. The molecule has 0 aromatic rings. The van der Waals surface area contributed by atoms with Crippen molar-refractivity contribution in [2.24, 2.45) is 5.73 Å². The second-order valence-electron chi connectivity index (χ2n) is 5.51. The molecule has 2 aliphatic heterocycles. The second kappa shape index (κ2) is 3.91. The molecule has 0 saturated carbocycles. The molecule has 2 nitrogen and oxygen atoms in total. The Balaban J connectivity index is 1.76. The first kappa shape index (κ1) is 9.86. The molecule has 15 heavy (non-hydrogen) atoms. The number of piperidine rings is 2. The quantitative estimate of drug-likeness (QED) is 0.665. The van der Waals surface area contributed by atoms with Gasteiger partial charge >= 0.3 is 0 Å². The zero-order valence-electron chi connectivity index (χ0n) is 9.44. The highest BCUT2D eigenvalue weighted by Crippen LogP contribution is 2.37. The Morgan fingerprint density at radius 1 is 0.933 bits per heavy atom. The second-order valence-corrected chi connectivity index (χ2v) is 5.51. The molecule has 84 valence electrons. The van der Waals surface area contributed by atoms with Crippen molar-refractivity contribution in [3.05, 3.63) is 12.2 Å². The molecule has 2 heterocycles. The summed E-state index contributed by atoms with van der Waals surface area (Å²) in [5.74, 6) is 0. The summed E-state index contributed by atoms with van der Waals surface area (Å²) in [7, 11) is 0. The van der Waals surface area contributed by atoms with Gasteiger partial charge in [-0.05, 0) is 38.5 Å². The van der Waals surface area contributed by atoms with Crippen LogP contribution < -0.4 is 5.73 Å². The molecule has 2 heteroatoms. The van der Waals surface area contributed by atoms with Crippen LogP contribution in [0.4, 0.5) is 0 Å². The zero-order chi connectivity index (χ0) is 10.3. The molecule has 0 spiro atoms. The lowest BCUT2D eigenvalue weighted by Crippen LogP contribution is -2.58. The number of nitrogens with zero attached hydrogens (tertiary/aromatic N) is 1. The van der Waals surface area contributed by atoms with Crippen LogP contribution in [0.15, 0.2) is 12.2 Å². The summed E-state index contributed by atoms with van der Waals surface area (Å²) in [5.41, 5.74) is 6.14. The van der Waals surface area contributed by atoms with Crippen LogP contribution in [-0.2, 0) is 0 Å². The van der Waals surface area contributed by atoms with Gasteiger partial charge < -0.3 is 5.73 Å². The predicted octanol–water partition coefficient (Wildman–Crippen LogP) is 2.05. The van der Waals surface area contributed by atoms with Gasteiger partial charge in [-0.1, -0.05) is 18.6 Å². The molecule has 0 aromatic carbocycles. The van der Waals surface area contributed by atoms with Gasteiger partial charge in [0.2, 0.25) is 0 Å². The maximum atomic E-state index is 6.14. The van der Waals surface area contributed by atoms with Crippen LogP contribution in [0.2, 0.25) is 0 Å². The Hall–Kier alpha value is -0.340.